The third-order valence-electron chi connectivity index (χ3n) is 8.98. The highest BCUT2D eigenvalue weighted by atomic mass is 32.2. The van der Waals surface area contributed by atoms with Crippen molar-refractivity contribution in [2.75, 3.05) is 48.4 Å². The van der Waals surface area contributed by atoms with Gasteiger partial charge in [-0.25, -0.2) is 8.42 Å². The van der Waals surface area contributed by atoms with Crippen molar-refractivity contribution in [1.82, 2.24) is 5.32 Å². The van der Waals surface area contributed by atoms with Crippen molar-refractivity contribution in [2.24, 2.45) is 23.2 Å². The van der Waals surface area contributed by atoms with Crippen molar-refractivity contribution in [2.45, 2.75) is 43.4 Å². The molecule has 0 unspecified atom stereocenters. The van der Waals surface area contributed by atoms with Gasteiger partial charge in [-0.2, -0.15) is 0 Å². The molecule has 3 N–H and O–H groups in total. The standard InChI is InChI=1S/C29H36N4O5S2/c1-37-26-5-3-2-4-23(26)32-40(35,36)22-6-7-25(33-8-10-38-11-9-33)24(15-22)30-28(39)31-27(34)29-16-19-12-20(17-29)14-21(13-19)18-29/h2-7,15,19-21,32H,8-14,16-18H2,1H3,(H2,30,31,34,39). The van der Waals surface area contributed by atoms with Crippen LogP contribution in [0.1, 0.15) is 38.5 Å². The molecule has 2 aromatic rings. The van der Waals surface area contributed by atoms with Gasteiger partial charge < -0.3 is 25.0 Å². The topological polar surface area (TPSA) is 109 Å². The number of nitrogens with zero attached hydrogens (tertiary/aromatic N) is 1. The lowest BCUT2D eigenvalue weighted by Gasteiger charge is -2.55. The van der Waals surface area contributed by atoms with Crippen LogP contribution in [0.2, 0.25) is 0 Å². The molecule has 1 heterocycles. The van der Waals surface area contributed by atoms with Gasteiger partial charge in [-0.3, -0.25) is 9.52 Å². The van der Waals surface area contributed by atoms with Gasteiger partial charge in [-0.15, -0.1) is 0 Å². The molecule has 1 amide bonds. The Kier molecular flexibility index (Phi) is 7.39. The highest BCUT2D eigenvalue weighted by Crippen LogP contribution is 2.60. The molecule has 4 saturated carbocycles. The first-order valence-electron chi connectivity index (χ1n) is 14.0. The van der Waals surface area contributed by atoms with E-state index in [1.54, 1.807) is 42.5 Å². The first kappa shape index (κ1) is 27.3. The molecule has 0 radical (unpaired) electrons. The van der Waals surface area contributed by atoms with Crippen LogP contribution in [0.4, 0.5) is 17.1 Å². The largest absolute Gasteiger partial charge is 0.495 e. The number of benzene rings is 2. The lowest BCUT2D eigenvalue weighted by Crippen LogP contribution is -2.55. The number of carbonyl (C=O) groups excluding carboxylic acids is 1. The summed E-state index contributed by atoms with van der Waals surface area (Å²) in [6, 6.07) is 11.8. The number of amides is 1. The first-order chi connectivity index (χ1) is 19.2. The summed E-state index contributed by atoms with van der Waals surface area (Å²) in [6.07, 6.45) is 6.57. The molecule has 2 aromatic carbocycles. The summed E-state index contributed by atoms with van der Waals surface area (Å²) in [7, 11) is -2.46. The minimum Gasteiger partial charge on any atom is -0.495 e. The van der Waals surface area contributed by atoms with Gasteiger partial charge in [0, 0.05) is 13.1 Å². The van der Waals surface area contributed by atoms with Crippen molar-refractivity contribution in [3.63, 3.8) is 0 Å². The van der Waals surface area contributed by atoms with Gasteiger partial charge in [0.1, 0.15) is 5.75 Å². The van der Waals surface area contributed by atoms with Crippen LogP contribution < -0.4 is 25.0 Å². The van der Waals surface area contributed by atoms with Crippen LogP contribution in [0.25, 0.3) is 0 Å². The first-order valence-corrected chi connectivity index (χ1v) is 15.9. The number of para-hydroxylation sites is 2. The number of methoxy groups -OCH3 is 1. The lowest BCUT2D eigenvalue weighted by atomic mass is 9.49. The zero-order valence-electron chi connectivity index (χ0n) is 22.6. The molecule has 0 atom stereocenters. The van der Waals surface area contributed by atoms with Crippen LogP contribution >= 0.6 is 12.2 Å². The third kappa shape index (κ3) is 5.38. The molecule has 40 heavy (non-hydrogen) atoms. The number of carbonyl (C=O) groups is 1. The predicted octanol–water partition coefficient (Wildman–Crippen LogP) is 4.36. The summed E-state index contributed by atoms with van der Waals surface area (Å²) >= 11 is 5.63. The van der Waals surface area contributed by atoms with E-state index >= 15 is 0 Å². The normalized spacial score (nSPS) is 27.2. The molecule has 1 saturated heterocycles. The van der Waals surface area contributed by atoms with Crippen LogP contribution in [0.3, 0.4) is 0 Å². The highest BCUT2D eigenvalue weighted by molar-refractivity contribution is 7.92. The van der Waals surface area contributed by atoms with Crippen LogP contribution in [0.15, 0.2) is 47.4 Å². The molecule has 5 aliphatic rings. The van der Waals surface area contributed by atoms with Gasteiger partial charge in [0.15, 0.2) is 5.11 Å². The number of rotatable bonds is 7. The second-order valence-electron chi connectivity index (χ2n) is 11.7. The zero-order valence-corrected chi connectivity index (χ0v) is 24.3. The fraction of sp³-hybridized carbons (Fsp3) is 0.517. The summed E-state index contributed by atoms with van der Waals surface area (Å²) in [6.45, 7) is 2.46. The molecular formula is C29H36N4O5S2. The molecule has 214 valence electrons. The number of hydrogen-bond donors (Lipinski definition) is 3. The Labute approximate surface area is 241 Å². The number of hydrogen-bond acceptors (Lipinski definition) is 7. The predicted molar refractivity (Wildman–Crippen MR) is 158 cm³/mol. The van der Waals surface area contributed by atoms with Gasteiger partial charge in [0.25, 0.3) is 10.0 Å². The second-order valence-corrected chi connectivity index (χ2v) is 13.8. The van der Waals surface area contributed by atoms with Crippen LogP contribution in [0, 0.1) is 23.2 Å². The van der Waals surface area contributed by atoms with Gasteiger partial charge in [-0.1, -0.05) is 12.1 Å². The molecule has 9 nitrogen and oxygen atoms in total. The maximum atomic E-state index is 13.6. The second kappa shape index (κ2) is 10.8. The molecule has 4 bridgehead atoms. The number of ether oxygens (including phenoxy) is 2. The fourth-order valence-electron chi connectivity index (χ4n) is 7.57. The highest BCUT2D eigenvalue weighted by Gasteiger charge is 2.54. The Morgan fingerprint density at radius 2 is 1.65 bits per heavy atom. The Balaban J connectivity index is 1.24. The van der Waals surface area contributed by atoms with Crippen LogP contribution in [0.5, 0.6) is 5.75 Å². The smallest absolute Gasteiger partial charge is 0.262 e. The number of morpholine rings is 1. The molecule has 4 aliphatic carbocycles. The van der Waals surface area contributed by atoms with Crippen molar-refractivity contribution in [1.29, 1.82) is 0 Å². The van der Waals surface area contributed by atoms with E-state index in [9.17, 15) is 13.2 Å². The number of anilines is 3. The van der Waals surface area contributed by atoms with Crippen LogP contribution in [-0.4, -0.2) is 52.9 Å². The molecule has 7 rings (SSSR count). The Morgan fingerprint density at radius 3 is 2.30 bits per heavy atom. The Morgan fingerprint density at radius 1 is 1.00 bits per heavy atom. The summed E-state index contributed by atoms with van der Waals surface area (Å²) in [5.41, 5.74) is 1.32. The third-order valence-corrected chi connectivity index (χ3v) is 10.5. The average molecular weight is 585 g/mol. The summed E-state index contributed by atoms with van der Waals surface area (Å²) < 4.78 is 40.3. The molecule has 11 heteroatoms. The number of thiocarbonyl (C=S) groups is 1. The quantitative estimate of drug-likeness (QED) is 0.412. The van der Waals surface area contributed by atoms with E-state index in [4.69, 9.17) is 21.7 Å². The molecule has 0 aromatic heterocycles. The Hall–Kier alpha value is -2.89. The monoisotopic (exact) mass is 584 g/mol. The van der Waals surface area contributed by atoms with Gasteiger partial charge in [0.2, 0.25) is 5.91 Å². The van der Waals surface area contributed by atoms with E-state index < -0.39 is 10.0 Å². The maximum Gasteiger partial charge on any atom is 0.262 e. The zero-order chi connectivity index (χ0) is 27.9. The minimum atomic E-state index is -3.95. The average Bonchev–Trinajstić information content (AvgIpc) is 2.93. The number of nitrogens with one attached hydrogen (secondary N) is 3. The SMILES string of the molecule is COc1ccccc1NS(=O)(=O)c1ccc(N2CCOCC2)c(NC(=S)NC(=O)C23CC4CC(CC(C4)C2)C3)c1. The molecule has 5 fully saturated rings. The molecule has 1 aliphatic heterocycles. The maximum absolute atomic E-state index is 13.6. The number of sulfonamides is 1. The summed E-state index contributed by atoms with van der Waals surface area (Å²) in [4.78, 5) is 15.8. The van der Waals surface area contributed by atoms with E-state index in [1.165, 1.54) is 26.4 Å². The van der Waals surface area contributed by atoms with Gasteiger partial charge >= 0.3 is 0 Å². The molecule has 0 spiro atoms. The lowest BCUT2D eigenvalue weighted by molar-refractivity contribution is -0.144. The molecular weight excluding hydrogens is 548 g/mol. The summed E-state index contributed by atoms with van der Waals surface area (Å²) in [5.74, 6) is 2.35. The van der Waals surface area contributed by atoms with Crippen molar-refractivity contribution < 1.29 is 22.7 Å². The Bertz CT molecular complexity index is 1370. The van der Waals surface area contributed by atoms with E-state index in [2.05, 4.69) is 20.3 Å². The van der Waals surface area contributed by atoms with Crippen LogP contribution in [-0.2, 0) is 19.6 Å². The summed E-state index contributed by atoms with van der Waals surface area (Å²) in [5, 5.41) is 6.34. The van der Waals surface area contributed by atoms with E-state index in [1.807, 2.05) is 0 Å². The van der Waals surface area contributed by atoms with Gasteiger partial charge in [0.05, 0.1) is 47.7 Å². The van der Waals surface area contributed by atoms with Crippen molar-refractivity contribution in [3.8, 4) is 5.75 Å². The van der Waals surface area contributed by atoms with Crippen molar-refractivity contribution >= 4 is 50.3 Å². The van der Waals surface area contributed by atoms with E-state index in [0.29, 0.717) is 61.2 Å². The van der Waals surface area contributed by atoms with E-state index in [0.717, 1.165) is 24.9 Å². The minimum absolute atomic E-state index is 0.00126. The van der Waals surface area contributed by atoms with Crippen molar-refractivity contribution in [3.05, 3.63) is 42.5 Å². The van der Waals surface area contributed by atoms with E-state index in [-0.39, 0.29) is 21.3 Å². The fourth-order valence-corrected chi connectivity index (χ4v) is 8.87. The van der Waals surface area contributed by atoms with Gasteiger partial charge in [-0.05, 0) is 98.8 Å².